The summed E-state index contributed by atoms with van der Waals surface area (Å²) in [5, 5.41) is 9.96. The lowest BCUT2D eigenvalue weighted by atomic mass is 10.1. The van der Waals surface area contributed by atoms with Crippen molar-refractivity contribution in [2.24, 2.45) is 0 Å². The third-order valence-electron chi connectivity index (χ3n) is 3.15. The number of nitrogens with two attached hydrogens (primary N) is 1. The predicted molar refractivity (Wildman–Crippen MR) is 74.5 cm³/mol. The standard InChI is InChI=1S/C15H12N4/c16-9-13-14(17)11-6-7-18-15(11)12(19-13)8-10-4-2-1-3-5-10/h1-7,18H,8,17H2. The van der Waals surface area contributed by atoms with Gasteiger partial charge in [-0.2, -0.15) is 5.26 Å². The van der Waals surface area contributed by atoms with Gasteiger partial charge in [-0.05, 0) is 11.6 Å². The van der Waals surface area contributed by atoms with Crippen LogP contribution < -0.4 is 5.73 Å². The van der Waals surface area contributed by atoms with Crippen molar-refractivity contribution in [1.82, 2.24) is 9.97 Å². The molecule has 2 heterocycles. The molecule has 0 spiro atoms. The highest BCUT2D eigenvalue weighted by Crippen LogP contribution is 2.26. The zero-order valence-electron chi connectivity index (χ0n) is 10.2. The maximum Gasteiger partial charge on any atom is 0.164 e. The molecule has 4 nitrogen and oxygen atoms in total. The average molecular weight is 248 g/mol. The number of pyridine rings is 1. The number of nitriles is 1. The molecule has 0 saturated carbocycles. The number of H-pyrrole nitrogens is 1. The van der Waals surface area contributed by atoms with Crippen molar-refractivity contribution < 1.29 is 0 Å². The van der Waals surface area contributed by atoms with Crippen molar-refractivity contribution in [3.63, 3.8) is 0 Å². The smallest absolute Gasteiger partial charge is 0.164 e. The summed E-state index contributed by atoms with van der Waals surface area (Å²) in [6, 6.07) is 14.0. The zero-order chi connectivity index (χ0) is 13.2. The fourth-order valence-electron chi connectivity index (χ4n) is 2.21. The summed E-state index contributed by atoms with van der Waals surface area (Å²) in [5.41, 5.74) is 9.56. The van der Waals surface area contributed by atoms with Crippen LogP contribution in [-0.4, -0.2) is 9.97 Å². The van der Waals surface area contributed by atoms with Gasteiger partial charge in [0, 0.05) is 18.0 Å². The van der Waals surface area contributed by atoms with Crippen LogP contribution in [0.4, 0.5) is 5.69 Å². The Labute approximate surface area is 110 Å². The lowest BCUT2D eigenvalue weighted by Gasteiger charge is -2.06. The lowest BCUT2D eigenvalue weighted by Crippen LogP contribution is -2.01. The molecule has 3 aromatic rings. The molecule has 19 heavy (non-hydrogen) atoms. The van der Waals surface area contributed by atoms with Crippen molar-refractivity contribution >= 4 is 16.6 Å². The number of rotatable bonds is 2. The Balaban J connectivity index is 2.16. The largest absolute Gasteiger partial charge is 0.396 e. The van der Waals surface area contributed by atoms with E-state index in [9.17, 15) is 0 Å². The SMILES string of the molecule is N#Cc1nc(Cc2ccccc2)c2[nH]ccc2c1N. The fourth-order valence-corrected chi connectivity index (χ4v) is 2.21. The average Bonchev–Trinajstić information content (AvgIpc) is 2.93. The third kappa shape index (κ3) is 1.91. The number of aromatic amines is 1. The molecule has 3 N–H and O–H groups in total. The van der Waals surface area contributed by atoms with Crippen molar-refractivity contribution in [2.75, 3.05) is 5.73 Å². The van der Waals surface area contributed by atoms with E-state index < -0.39 is 0 Å². The molecule has 0 unspecified atom stereocenters. The minimum Gasteiger partial charge on any atom is -0.396 e. The zero-order valence-corrected chi connectivity index (χ0v) is 10.2. The van der Waals surface area contributed by atoms with Gasteiger partial charge < -0.3 is 10.7 Å². The summed E-state index contributed by atoms with van der Waals surface area (Å²) in [6.45, 7) is 0. The van der Waals surface area contributed by atoms with Crippen molar-refractivity contribution in [3.8, 4) is 6.07 Å². The first kappa shape index (κ1) is 11.3. The van der Waals surface area contributed by atoms with Crippen LogP contribution in [-0.2, 0) is 6.42 Å². The van der Waals surface area contributed by atoms with E-state index >= 15 is 0 Å². The Kier molecular flexibility index (Phi) is 2.66. The number of anilines is 1. The number of benzene rings is 1. The van der Waals surface area contributed by atoms with Gasteiger partial charge in [-0.3, -0.25) is 0 Å². The Morgan fingerprint density at radius 1 is 1.21 bits per heavy atom. The molecule has 0 bridgehead atoms. The van der Waals surface area contributed by atoms with Crippen LogP contribution in [0.5, 0.6) is 0 Å². The molecule has 1 aromatic carbocycles. The molecule has 0 fully saturated rings. The van der Waals surface area contributed by atoms with Crippen LogP contribution in [0.15, 0.2) is 42.6 Å². The fraction of sp³-hybridized carbons (Fsp3) is 0.0667. The summed E-state index contributed by atoms with van der Waals surface area (Å²) >= 11 is 0. The minimum atomic E-state index is 0.290. The highest BCUT2D eigenvalue weighted by atomic mass is 14.8. The van der Waals surface area contributed by atoms with E-state index in [1.807, 2.05) is 42.6 Å². The molecule has 0 radical (unpaired) electrons. The molecule has 3 rings (SSSR count). The number of hydrogen-bond acceptors (Lipinski definition) is 3. The number of nitrogens with zero attached hydrogens (tertiary/aromatic N) is 2. The molecule has 0 aliphatic rings. The molecule has 2 aromatic heterocycles. The first-order valence-corrected chi connectivity index (χ1v) is 5.99. The number of fused-ring (bicyclic) bond motifs is 1. The molecule has 0 amide bonds. The highest BCUT2D eigenvalue weighted by molar-refractivity contribution is 5.94. The van der Waals surface area contributed by atoms with Gasteiger partial charge in [0.05, 0.1) is 16.9 Å². The Morgan fingerprint density at radius 3 is 2.74 bits per heavy atom. The Morgan fingerprint density at radius 2 is 2.00 bits per heavy atom. The third-order valence-corrected chi connectivity index (χ3v) is 3.15. The van der Waals surface area contributed by atoms with E-state index in [4.69, 9.17) is 11.0 Å². The van der Waals surface area contributed by atoms with E-state index in [2.05, 4.69) is 16.0 Å². The topological polar surface area (TPSA) is 78.5 Å². The molecular formula is C15H12N4. The number of aromatic nitrogens is 2. The minimum absolute atomic E-state index is 0.290. The number of nitrogen functional groups attached to an aromatic ring is 1. The quantitative estimate of drug-likeness (QED) is 0.731. The Bertz CT molecular complexity index is 766. The van der Waals surface area contributed by atoms with Crippen LogP contribution in [0, 0.1) is 11.3 Å². The van der Waals surface area contributed by atoms with Crippen LogP contribution in [0.2, 0.25) is 0 Å². The van der Waals surface area contributed by atoms with E-state index in [1.165, 1.54) is 0 Å². The van der Waals surface area contributed by atoms with Crippen molar-refractivity contribution in [1.29, 1.82) is 5.26 Å². The van der Waals surface area contributed by atoms with Gasteiger partial charge in [0.1, 0.15) is 6.07 Å². The maximum absolute atomic E-state index is 9.10. The molecular weight excluding hydrogens is 236 g/mol. The second kappa shape index (κ2) is 4.46. The lowest BCUT2D eigenvalue weighted by molar-refractivity contribution is 1.08. The maximum atomic E-state index is 9.10. The first-order valence-electron chi connectivity index (χ1n) is 5.99. The van der Waals surface area contributed by atoms with E-state index in [1.54, 1.807) is 0 Å². The molecule has 0 saturated heterocycles. The summed E-state index contributed by atoms with van der Waals surface area (Å²) in [7, 11) is 0. The highest BCUT2D eigenvalue weighted by Gasteiger charge is 2.12. The summed E-state index contributed by atoms with van der Waals surface area (Å²) in [6.07, 6.45) is 2.49. The van der Waals surface area contributed by atoms with Gasteiger partial charge >= 0.3 is 0 Å². The van der Waals surface area contributed by atoms with E-state index in [-0.39, 0.29) is 5.69 Å². The molecule has 92 valence electrons. The monoisotopic (exact) mass is 248 g/mol. The summed E-state index contributed by atoms with van der Waals surface area (Å²) in [5.74, 6) is 0. The van der Waals surface area contributed by atoms with E-state index in [0.29, 0.717) is 12.1 Å². The van der Waals surface area contributed by atoms with Crippen LogP contribution in [0.1, 0.15) is 17.0 Å². The molecule has 4 heteroatoms. The number of nitrogens with one attached hydrogen (secondary N) is 1. The van der Waals surface area contributed by atoms with Crippen LogP contribution >= 0.6 is 0 Å². The molecule has 0 aliphatic carbocycles. The second-order valence-electron chi connectivity index (χ2n) is 4.36. The van der Waals surface area contributed by atoms with Gasteiger partial charge in [-0.25, -0.2) is 4.98 Å². The van der Waals surface area contributed by atoms with Gasteiger partial charge in [0.25, 0.3) is 0 Å². The van der Waals surface area contributed by atoms with Gasteiger partial charge in [-0.15, -0.1) is 0 Å². The number of hydrogen-bond donors (Lipinski definition) is 2. The van der Waals surface area contributed by atoms with Crippen molar-refractivity contribution in [2.45, 2.75) is 6.42 Å². The van der Waals surface area contributed by atoms with Gasteiger partial charge in [-0.1, -0.05) is 30.3 Å². The van der Waals surface area contributed by atoms with Crippen LogP contribution in [0.25, 0.3) is 10.9 Å². The summed E-state index contributed by atoms with van der Waals surface area (Å²) in [4.78, 5) is 7.52. The normalized spacial score (nSPS) is 10.5. The Hall–Kier alpha value is -2.80. The molecule has 0 atom stereocenters. The van der Waals surface area contributed by atoms with E-state index in [0.717, 1.165) is 22.2 Å². The van der Waals surface area contributed by atoms with Gasteiger partial charge in [0.15, 0.2) is 5.69 Å². The van der Waals surface area contributed by atoms with Crippen molar-refractivity contribution in [3.05, 3.63) is 59.5 Å². The predicted octanol–water partition coefficient (Wildman–Crippen LogP) is 2.61. The second-order valence-corrected chi connectivity index (χ2v) is 4.36. The molecule has 0 aliphatic heterocycles. The summed E-state index contributed by atoms with van der Waals surface area (Å²) < 4.78 is 0. The first-order chi connectivity index (χ1) is 9.29. The van der Waals surface area contributed by atoms with Crippen LogP contribution in [0.3, 0.4) is 0 Å². The van der Waals surface area contributed by atoms with Gasteiger partial charge in [0.2, 0.25) is 0 Å².